The van der Waals surface area contributed by atoms with Crippen LogP contribution in [0.5, 0.6) is 0 Å². The highest BCUT2D eigenvalue weighted by Gasteiger charge is 2.05. The Balaban J connectivity index is 2.09. The van der Waals surface area contributed by atoms with Gasteiger partial charge in [-0.2, -0.15) is 0 Å². The van der Waals surface area contributed by atoms with Gasteiger partial charge in [0, 0.05) is 20.6 Å². The molecule has 19 heavy (non-hydrogen) atoms. The summed E-state index contributed by atoms with van der Waals surface area (Å²) in [4.78, 5) is 13.1. The zero-order valence-electron chi connectivity index (χ0n) is 11.7. The first-order valence-corrected chi connectivity index (χ1v) is 6.52. The molecule has 0 fully saturated rings. The van der Waals surface area contributed by atoms with E-state index < -0.39 is 0 Å². The molecule has 0 aliphatic rings. The Bertz CT molecular complexity index is 592. The fraction of sp³-hybridized carbons (Fsp3) is 0.312. The summed E-state index contributed by atoms with van der Waals surface area (Å²) >= 11 is 0. The van der Waals surface area contributed by atoms with Crippen molar-refractivity contribution in [1.82, 2.24) is 10.2 Å². The molecule has 3 nitrogen and oxygen atoms in total. The van der Waals surface area contributed by atoms with Gasteiger partial charge in [-0.15, -0.1) is 0 Å². The lowest BCUT2D eigenvalue weighted by molar-refractivity contribution is 0.211. The quantitative estimate of drug-likeness (QED) is 0.899. The van der Waals surface area contributed by atoms with Crippen LogP contribution in [-0.2, 0) is 6.42 Å². The molecule has 0 heterocycles. The van der Waals surface area contributed by atoms with Gasteiger partial charge in [0.15, 0.2) is 0 Å². The number of likely N-dealkylation sites (N-methyl/N-ethyl adjacent to an activating group) is 1. The number of fused-ring (bicyclic) bond motifs is 1. The maximum absolute atomic E-state index is 11.4. The van der Waals surface area contributed by atoms with E-state index in [1.165, 1.54) is 21.9 Å². The second-order valence-electron chi connectivity index (χ2n) is 4.91. The molecule has 0 atom stereocenters. The molecule has 0 radical (unpaired) electrons. The molecule has 1 N–H and O–H groups in total. The number of urea groups is 1. The van der Waals surface area contributed by atoms with Gasteiger partial charge in [0.1, 0.15) is 0 Å². The van der Waals surface area contributed by atoms with Crippen molar-refractivity contribution >= 4 is 16.8 Å². The van der Waals surface area contributed by atoms with Gasteiger partial charge in [-0.3, -0.25) is 0 Å². The van der Waals surface area contributed by atoms with Crippen molar-refractivity contribution in [3.63, 3.8) is 0 Å². The van der Waals surface area contributed by atoms with Crippen LogP contribution in [0.3, 0.4) is 0 Å². The standard InChI is InChI=1S/C16H20N2O/c1-12-4-6-15-11-13(5-7-14(15)10-12)8-9-18(3)16(19)17-2/h4-7,10-11H,8-9H2,1-3H3,(H,17,19). The normalized spacial score (nSPS) is 10.5. The summed E-state index contributed by atoms with van der Waals surface area (Å²) < 4.78 is 0. The van der Waals surface area contributed by atoms with Crippen LogP contribution in [-0.4, -0.2) is 31.6 Å². The SMILES string of the molecule is CNC(=O)N(C)CCc1ccc2cc(C)ccc2c1. The molecule has 0 aliphatic heterocycles. The van der Waals surface area contributed by atoms with Crippen molar-refractivity contribution in [1.29, 1.82) is 0 Å². The fourth-order valence-corrected chi connectivity index (χ4v) is 2.16. The molecule has 2 rings (SSSR count). The zero-order chi connectivity index (χ0) is 13.8. The minimum atomic E-state index is -0.0450. The molecule has 3 heteroatoms. The lowest BCUT2D eigenvalue weighted by Gasteiger charge is -2.16. The topological polar surface area (TPSA) is 32.3 Å². The number of amides is 2. The van der Waals surface area contributed by atoms with Crippen molar-refractivity contribution in [2.24, 2.45) is 0 Å². The number of carbonyl (C=O) groups is 1. The molecule has 2 amide bonds. The number of hydrogen-bond donors (Lipinski definition) is 1. The third kappa shape index (κ3) is 3.25. The third-order valence-electron chi connectivity index (χ3n) is 3.36. The highest BCUT2D eigenvalue weighted by molar-refractivity contribution is 5.83. The number of nitrogens with one attached hydrogen (secondary N) is 1. The van der Waals surface area contributed by atoms with Crippen LogP contribution in [0.2, 0.25) is 0 Å². The van der Waals surface area contributed by atoms with Crippen molar-refractivity contribution in [2.45, 2.75) is 13.3 Å². The molecule has 0 aliphatic carbocycles. The van der Waals surface area contributed by atoms with E-state index in [1.54, 1.807) is 11.9 Å². The number of nitrogens with zero attached hydrogens (tertiary/aromatic N) is 1. The number of aryl methyl sites for hydroxylation is 1. The average Bonchev–Trinajstić information content (AvgIpc) is 2.43. The Hall–Kier alpha value is -2.03. The summed E-state index contributed by atoms with van der Waals surface area (Å²) in [6.07, 6.45) is 0.869. The van der Waals surface area contributed by atoms with Crippen LogP contribution in [0, 0.1) is 6.92 Å². The van der Waals surface area contributed by atoms with Gasteiger partial charge in [-0.25, -0.2) is 4.79 Å². The van der Waals surface area contributed by atoms with E-state index in [2.05, 4.69) is 48.6 Å². The minimum Gasteiger partial charge on any atom is -0.341 e. The zero-order valence-corrected chi connectivity index (χ0v) is 11.7. The summed E-state index contributed by atoms with van der Waals surface area (Å²) in [5.41, 5.74) is 2.53. The maximum atomic E-state index is 11.4. The number of rotatable bonds is 3. The maximum Gasteiger partial charge on any atom is 0.316 e. The molecule has 0 saturated carbocycles. The lowest BCUT2D eigenvalue weighted by atomic mass is 10.0. The molecule has 0 saturated heterocycles. The van der Waals surface area contributed by atoms with Crippen LogP contribution >= 0.6 is 0 Å². The molecule has 100 valence electrons. The Kier molecular flexibility index (Phi) is 4.05. The summed E-state index contributed by atoms with van der Waals surface area (Å²) in [7, 11) is 3.46. The van der Waals surface area contributed by atoms with Gasteiger partial charge in [-0.05, 0) is 29.7 Å². The smallest absolute Gasteiger partial charge is 0.316 e. The molecule has 0 unspecified atom stereocenters. The molecule has 0 spiro atoms. The van der Waals surface area contributed by atoms with Crippen LogP contribution in [0.25, 0.3) is 10.8 Å². The van der Waals surface area contributed by atoms with E-state index in [1.807, 2.05) is 7.05 Å². The number of benzene rings is 2. The van der Waals surface area contributed by atoms with Gasteiger partial charge in [0.05, 0.1) is 0 Å². The van der Waals surface area contributed by atoms with Crippen LogP contribution in [0.4, 0.5) is 4.79 Å². The largest absolute Gasteiger partial charge is 0.341 e. The highest BCUT2D eigenvalue weighted by Crippen LogP contribution is 2.18. The Labute approximate surface area is 114 Å². The molecular formula is C16H20N2O. The fourth-order valence-electron chi connectivity index (χ4n) is 2.16. The third-order valence-corrected chi connectivity index (χ3v) is 3.36. The lowest BCUT2D eigenvalue weighted by Crippen LogP contribution is -2.36. The van der Waals surface area contributed by atoms with E-state index in [9.17, 15) is 4.79 Å². The van der Waals surface area contributed by atoms with Crippen LogP contribution in [0.1, 0.15) is 11.1 Å². The predicted octanol–water partition coefficient (Wildman–Crippen LogP) is 2.96. The van der Waals surface area contributed by atoms with Gasteiger partial charge < -0.3 is 10.2 Å². The number of hydrogen-bond acceptors (Lipinski definition) is 1. The first-order chi connectivity index (χ1) is 9.10. The Morgan fingerprint density at radius 2 is 1.84 bits per heavy atom. The van der Waals surface area contributed by atoms with Gasteiger partial charge in [0.25, 0.3) is 0 Å². The van der Waals surface area contributed by atoms with Crippen molar-refractivity contribution < 1.29 is 4.79 Å². The summed E-state index contributed by atoms with van der Waals surface area (Å²) in [5, 5.41) is 5.15. The second-order valence-corrected chi connectivity index (χ2v) is 4.91. The summed E-state index contributed by atoms with van der Waals surface area (Å²) in [6, 6.07) is 12.9. The van der Waals surface area contributed by atoms with E-state index in [0.717, 1.165) is 13.0 Å². The first-order valence-electron chi connectivity index (χ1n) is 6.52. The monoisotopic (exact) mass is 256 g/mol. The number of carbonyl (C=O) groups excluding carboxylic acids is 1. The first kappa shape index (κ1) is 13.4. The van der Waals surface area contributed by atoms with Crippen LogP contribution < -0.4 is 5.32 Å². The van der Waals surface area contributed by atoms with Gasteiger partial charge >= 0.3 is 6.03 Å². The van der Waals surface area contributed by atoms with Crippen LogP contribution in [0.15, 0.2) is 36.4 Å². The van der Waals surface area contributed by atoms with E-state index >= 15 is 0 Å². The van der Waals surface area contributed by atoms with E-state index in [4.69, 9.17) is 0 Å². The van der Waals surface area contributed by atoms with E-state index in [0.29, 0.717) is 0 Å². The van der Waals surface area contributed by atoms with Crippen molar-refractivity contribution in [3.05, 3.63) is 47.5 Å². The van der Waals surface area contributed by atoms with Crippen molar-refractivity contribution in [3.8, 4) is 0 Å². The van der Waals surface area contributed by atoms with Gasteiger partial charge in [-0.1, -0.05) is 42.0 Å². The second kappa shape index (κ2) is 5.74. The molecular weight excluding hydrogens is 236 g/mol. The molecule has 0 aromatic heterocycles. The predicted molar refractivity (Wildman–Crippen MR) is 79.5 cm³/mol. The van der Waals surface area contributed by atoms with Gasteiger partial charge in [0.2, 0.25) is 0 Å². The average molecular weight is 256 g/mol. The highest BCUT2D eigenvalue weighted by atomic mass is 16.2. The molecule has 2 aromatic carbocycles. The minimum absolute atomic E-state index is 0.0450. The van der Waals surface area contributed by atoms with E-state index in [-0.39, 0.29) is 6.03 Å². The Morgan fingerprint density at radius 1 is 1.16 bits per heavy atom. The van der Waals surface area contributed by atoms with Crippen molar-refractivity contribution in [2.75, 3.05) is 20.6 Å². The molecule has 2 aromatic rings. The summed E-state index contributed by atoms with van der Waals surface area (Å²) in [5.74, 6) is 0. The molecule has 0 bridgehead atoms. The summed E-state index contributed by atoms with van der Waals surface area (Å²) in [6.45, 7) is 2.82. The Morgan fingerprint density at radius 3 is 2.58 bits per heavy atom.